The fourth-order valence-electron chi connectivity index (χ4n) is 1.78. The summed E-state index contributed by atoms with van der Waals surface area (Å²) < 4.78 is 5.37. The van der Waals surface area contributed by atoms with Crippen LogP contribution in [0.15, 0.2) is 18.5 Å². The molecule has 0 bridgehead atoms. The first-order valence-corrected chi connectivity index (χ1v) is 6.37. The van der Waals surface area contributed by atoms with Crippen molar-refractivity contribution in [1.29, 1.82) is 0 Å². The van der Waals surface area contributed by atoms with Gasteiger partial charge in [0.15, 0.2) is 0 Å². The predicted octanol–water partition coefficient (Wildman–Crippen LogP) is 3.08. The highest BCUT2D eigenvalue weighted by Gasteiger charge is 2.24. The molecular formula is C11H13BrClNO. The average molecular weight is 291 g/mol. The van der Waals surface area contributed by atoms with Crippen molar-refractivity contribution in [3.8, 4) is 0 Å². The van der Waals surface area contributed by atoms with E-state index in [1.807, 2.05) is 6.07 Å². The zero-order chi connectivity index (χ0) is 10.7. The number of halogens is 2. The molecule has 0 radical (unpaired) electrons. The van der Waals surface area contributed by atoms with Crippen molar-refractivity contribution < 1.29 is 4.74 Å². The smallest absolute Gasteiger partial charge is 0.0621 e. The van der Waals surface area contributed by atoms with Gasteiger partial charge < -0.3 is 4.74 Å². The van der Waals surface area contributed by atoms with Gasteiger partial charge in [0, 0.05) is 23.8 Å². The number of pyridine rings is 1. The topological polar surface area (TPSA) is 22.1 Å². The largest absolute Gasteiger partial charge is 0.381 e. The van der Waals surface area contributed by atoms with Crippen LogP contribution in [0.4, 0.5) is 0 Å². The van der Waals surface area contributed by atoms with Gasteiger partial charge >= 0.3 is 0 Å². The molecule has 2 heterocycles. The molecule has 2 rings (SSSR count). The van der Waals surface area contributed by atoms with Gasteiger partial charge in [-0.15, -0.1) is 0 Å². The standard InChI is InChI=1S/C11H13BrClNO/c12-10(9-2-4-15-7-9)5-8-1-3-14-6-11(8)13/h1,3,6,9-10H,2,4-5,7H2. The first kappa shape index (κ1) is 11.4. The molecule has 0 aliphatic carbocycles. The Morgan fingerprint density at radius 3 is 3.20 bits per heavy atom. The van der Waals surface area contributed by atoms with Crippen LogP contribution in [0.2, 0.25) is 5.02 Å². The Bertz CT molecular complexity index is 328. The quantitative estimate of drug-likeness (QED) is 0.798. The van der Waals surface area contributed by atoms with E-state index in [1.165, 1.54) is 0 Å². The monoisotopic (exact) mass is 289 g/mol. The molecule has 0 amide bonds. The molecule has 1 aromatic rings. The summed E-state index contributed by atoms with van der Waals surface area (Å²) in [6.07, 6.45) is 5.56. The van der Waals surface area contributed by atoms with Crippen molar-refractivity contribution in [2.75, 3.05) is 13.2 Å². The number of nitrogens with zero attached hydrogens (tertiary/aromatic N) is 1. The molecule has 2 unspecified atom stereocenters. The molecule has 0 spiro atoms. The molecular weight excluding hydrogens is 277 g/mol. The van der Waals surface area contributed by atoms with Crippen LogP contribution in [0, 0.1) is 5.92 Å². The number of hydrogen-bond acceptors (Lipinski definition) is 2. The van der Waals surface area contributed by atoms with Gasteiger partial charge in [-0.3, -0.25) is 4.98 Å². The number of aromatic nitrogens is 1. The Kier molecular flexibility index (Phi) is 4.00. The van der Waals surface area contributed by atoms with E-state index in [0.717, 1.165) is 36.6 Å². The Morgan fingerprint density at radius 2 is 2.53 bits per heavy atom. The fourth-order valence-corrected chi connectivity index (χ4v) is 2.75. The average Bonchev–Trinajstić information content (AvgIpc) is 2.74. The van der Waals surface area contributed by atoms with Gasteiger partial charge in [-0.1, -0.05) is 27.5 Å². The predicted molar refractivity (Wildman–Crippen MR) is 64.6 cm³/mol. The Morgan fingerprint density at radius 1 is 1.67 bits per heavy atom. The van der Waals surface area contributed by atoms with E-state index in [4.69, 9.17) is 16.3 Å². The van der Waals surface area contributed by atoms with E-state index >= 15 is 0 Å². The SMILES string of the molecule is Clc1cnccc1CC(Br)C1CCOC1. The Labute approximate surface area is 103 Å². The summed E-state index contributed by atoms with van der Waals surface area (Å²) in [5.74, 6) is 0.606. The van der Waals surface area contributed by atoms with Crippen molar-refractivity contribution >= 4 is 27.5 Å². The third kappa shape index (κ3) is 2.92. The Balaban J connectivity index is 1.99. The molecule has 1 aromatic heterocycles. The van der Waals surface area contributed by atoms with Crippen molar-refractivity contribution in [2.45, 2.75) is 17.7 Å². The van der Waals surface area contributed by atoms with Crippen LogP contribution in [0.1, 0.15) is 12.0 Å². The first-order chi connectivity index (χ1) is 7.27. The van der Waals surface area contributed by atoms with Crippen molar-refractivity contribution in [1.82, 2.24) is 4.98 Å². The summed E-state index contributed by atoms with van der Waals surface area (Å²) >= 11 is 9.78. The van der Waals surface area contributed by atoms with E-state index in [1.54, 1.807) is 12.4 Å². The number of rotatable bonds is 3. The van der Waals surface area contributed by atoms with Gasteiger partial charge in [0.1, 0.15) is 0 Å². The normalized spacial score (nSPS) is 22.9. The van der Waals surface area contributed by atoms with Crippen LogP contribution in [-0.4, -0.2) is 23.0 Å². The molecule has 15 heavy (non-hydrogen) atoms. The lowest BCUT2D eigenvalue weighted by molar-refractivity contribution is 0.185. The zero-order valence-electron chi connectivity index (χ0n) is 8.33. The summed E-state index contributed by atoms with van der Waals surface area (Å²) in [6.45, 7) is 1.75. The highest BCUT2D eigenvalue weighted by atomic mass is 79.9. The third-order valence-electron chi connectivity index (χ3n) is 2.75. The minimum Gasteiger partial charge on any atom is -0.381 e. The second-order valence-corrected chi connectivity index (χ2v) is 5.39. The summed E-state index contributed by atoms with van der Waals surface area (Å²) in [7, 11) is 0. The van der Waals surface area contributed by atoms with Crippen molar-refractivity contribution in [3.05, 3.63) is 29.0 Å². The Hall–Kier alpha value is -0.120. The third-order valence-corrected chi connectivity index (χ3v) is 4.16. The fraction of sp³-hybridized carbons (Fsp3) is 0.545. The van der Waals surface area contributed by atoms with Gasteiger partial charge in [0.25, 0.3) is 0 Å². The summed E-state index contributed by atoms with van der Waals surface area (Å²) in [5, 5.41) is 0.751. The summed E-state index contributed by atoms with van der Waals surface area (Å²) in [6, 6.07) is 1.98. The highest BCUT2D eigenvalue weighted by Crippen LogP contribution is 2.27. The molecule has 1 aliphatic rings. The van der Waals surface area contributed by atoms with Crippen LogP contribution in [0.3, 0.4) is 0 Å². The molecule has 0 N–H and O–H groups in total. The van der Waals surface area contributed by atoms with Crippen LogP contribution >= 0.6 is 27.5 Å². The second-order valence-electron chi connectivity index (χ2n) is 3.81. The summed E-state index contributed by atoms with van der Waals surface area (Å²) in [5.41, 5.74) is 1.15. The highest BCUT2D eigenvalue weighted by molar-refractivity contribution is 9.09. The molecule has 0 saturated carbocycles. The van der Waals surface area contributed by atoms with E-state index < -0.39 is 0 Å². The zero-order valence-corrected chi connectivity index (χ0v) is 10.7. The maximum atomic E-state index is 6.06. The minimum atomic E-state index is 0.444. The van der Waals surface area contributed by atoms with Crippen LogP contribution in [0.25, 0.3) is 0 Å². The van der Waals surface area contributed by atoms with E-state index in [2.05, 4.69) is 20.9 Å². The molecule has 4 heteroatoms. The molecule has 0 aromatic carbocycles. The number of hydrogen-bond donors (Lipinski definition) is 0. The van der Waals surface area contributed by atoms with Crippen LogP contribution in [-0.2, 0) is 11.2 Å². The van der Waals surface area contributed by atoms with Crippen molar-refractivity contribution in [2.24, 2.45) is 5.92 Å². The lowest BCUT2D eigenvalue weighted by Crippen LogP contribution is -2.17. The lowest BCUT2D eigenvalue weighted by Gasteiger charge is -2.16. The molecule has 2 atom stereocenters. The maximum Gasteiger partial charge on any atom is 0.0621 e. The second kappa shape index (κ2) is 5.28. The van der Waals surface area contributed by atoms with Gasteiger partial charge in [-0.05, 0) is 30.4 Å². The van der Waals surface area contributed by atoms with Crippen LogP contribution in [0.5, 0.6) is 0 Å². The molecule has 1 aliphatic heterocycles. The molecule has 2 nitrogen and oxygen atoms in total. The van der Waals surface area contributed by atoms with E-state index in [0.29, 0.717) is 10.7 Å². The number of alkyl halides is 1. The van der Waals surface area contributed by atoms with Gasteiger partial charge in [-0.25, -0.2) is 0 Å². The summed E-state index contributed by atoms with van der Waals surface area (Å²) in [4.78, 5) is 4.42. The lowest BCUT2D eigenvalue weighted by atomic mass is 9.99. The minimum absolute atomic E-state index is 0.444. The number of ether oxygens (including phenoxy) is 1. The maximum absolute atomic E-state index is 6.06. The van der Waals surface area contributed by atoms with Gasteiger partial charge in [0.2, 0.25) is 0 Å². The van der Waals surface area contributed by atoms with E-state index in [-0.39, 0.29) is 0 Å². The molecule has 1 saturated heterocycles. The molecule has 82 valence electrons. The van der Waals surface area contributed by atoms with Crippen molar-refractivity contribution in [3.63, 3.8) is 0 Å². The van der Waals surface area contributed by atoms with Gasteiger partial charge in [-0.2, -0.15) is 0 Å². The van der Waals surface area contributed by atoms with Gasteiger partial charge in [0.05, 0.1) is 11.6 Å². The van der Waals surface area contributed by atoms with E-state index in [9.17, 15) is 0 Å². The first-order valence-electron chi connectivity index (χ1n) is 5.07. The van der Waals surface area contributed by atoms with Crippen LogP contribution < -0.4 is 0 Å². The molecule has 1 fully saturated rings.